The molecule has 1 amide bonds. The summed E-state index contributed by atoms with van der Waals surface area (Å²) in [5, 5.41) is 6.20. The summed E-state index contributed by atoms with van der Waals surface area (Å²) in [7, 11) is 1.70. The first-order chi connectivity index (χ1) is 7.15. The van der Waals surface area contributed by atoms with Gasteiger partial charge in [-0.05, 0) is 24.5 Å². The Labute approximate surface area is 96.8 Å². The molecule has 1 fully saturated rings. The lowest BCUT2D eigenvalue weighted by molar-refractivity contribution is -0.123. The van der Waals surface area contributed by atoms with Crippen LogP contribution in [-0.2, 0) is 4.79 Å². The van der Waals surface area contributed by atoms with Gasteiger partial charge >= 0.3 is 0 Å². The van der Waals surface area contributed by atoms with Gasteiger partial charge in [0.25, 0.3) is 0 Å². The molecular formula is C11H22N2OS. The van der Waals surface area contributed by atoms with Crippen molar-refractivity contribution in [2.75, 3.05) is 18.6 Å². The first-order valence-electron chi connectivity index (χ1n) is 5.70. The molecule has 0 spiro atoms. The molecule has 1 rings (SSSR count). The smallest absolute Gasteiger partial charge is 0.237 e. The van der Waals surface area contributed by atoms with Gasteiger partial charge in [0.05, 0.1) is 6.04 Å². The number of nitrogens with one attached hydrogen (secondary N) is 2. The average Bonchev–Trinajstić information content (AvgIpc) is 2.26. The average molecular weight is 230 g/mol. The van der Waals surface area contributed by atoms with Crippen molar-refractivity contribution in [2.24, 2.45) is 5.92 Å². The van der Waals surface area contributed by atoms with E-state index in [1.165, 1.54) is 18.6 Å². The fourth-order valence-corrected chi connectivity index (χ4v) is 2.94. The molecular weight excluding hydrogens is 208 g/mol. The van der Waals surface area contributed by atoms with Gasteiger partial charge in [-0.3, -0.25) is 4.79 Å². The minimum atomic E-state index is -0.0429. The standard InChI is InChI=1S/C11H22N2OS/c1-8(2)10(11(14)12-3)13-9-5-4-6-15-7-9/h8-10,13H,4-7H2,1-3H3,(H,12,14). The number of hydrogen-bond acceptors (Lipinski definition) is 3. The Morgan fingerprint density at radius 3 is 2.67 bits per heavy atom. The summed E-state index contributed by atoms with van der Waals surface area (Å²) in [6.07, 6.45) is 2.47. The molecule has 0 aliphatic carbocycles. The summed E-state index contributed by atoms with van der Waals surface area (Å²) in [6.45, 7) is 4.17. The van der Waals surface area contributed by atoms with Gasteiger partial charge in [-0.2, -0.15) is 11.8 Å². The molecule has 1 saturated heterocycles. The first kappa shape index (κ1) is 12.8. The SMILES string of the molecule is CNC(=O)C(NC1CCCSC1)C(C)C. The minimum Gasteiger partial charge on any atom is -0.358 e. The normalized spacial score (nSPS) is 23.9. The van der Waals surface area contributed by atoms with Crippen LogP contribution in [0.1, 0.15) is 26.7 Å². The second kappa shape index (κ2) is 6.38. The van der Waals surface area contributed by atoms with E-state index in [0.29, 0.717) is 12.0 Å². The zero-order valence-corrected chi connectivity index (χ0v) is 10.7. The van der Waals surface area contributed by atoms with Crippen LogP contribution in [-0.4, -0.2) is 36.5 Å². The van der Waals surface area contributed by atoms with Crippen molar-refractivity contribution >= 4 is 17.7 Å². The van der Waals surface area contributed by atoms with E-state index in [0.717, 1.165) is 5.75 Å². The van der Waals surface area contributed by atoms with Gasteiger partial charge in [-0.25, -0.2) is 0 Å². The zero-order chi connectivity index (χ0) is 11.3. The Balaban J connectivity index is 2.46. The van der Waals surface area contributed by atoms with Crippen LogP contribution in [0.5, 0.6) is 0 Å². The lowest BCUT2D eigenvalue weighted by Gasteiger charge is -2.29. The molecule has 15 heavy (non-hydrogen) atoms. The fourth-order valence-electron chi connectivity index (χ4n) is 1.85. The third kappa shape index (κ3) is 4.03. The van der Waals surface area contributed by atoms with E-state index in [2.05, 4.69) is 24.5 Å². The molecule has 3 nitrogen and oxygen atoms in total. The van der Waals surface area contributed by atoms with Crippen LogP contribution in [0.3, 0.4) is 0 Å². The number of carbonyl (C=O) groups excluding carboxylic acids is 1. The van der Waals surface area contributed by atoms with Gasteiger partial charge in [0.2, 0.25) is 5.91 Å². The maximum atomic E-state index is 11.6. The van der Waals surface area contributed by atoms with E-state index in [-0.39, 0.29) is 11.9 Å². The van der Waals surface area contributed by atoms with Crippen LogP contribution in [0.15, 0.2) is 0 Å². The highest BCUT2D eigenvalue weighted by atomic mass is 32.2. The Bertz CT molecular complexity index is 203. The summed E-state index contributed by atoms with van der Waals surface area (Å²) in [5.74, 6) is 2.86. The molecule has 2 unspecified atom stereocenters. The van der Waals surface area contributed by atoms with E-state index in [4.69, 9.17) is 0 Å². The van der Waals surface area contributed by atoms with Crippen molar-refractivity contribution < 1.29 is 4.79 Å². The number of thioether (sulfide) groups is 1. The van der Waals surface area contributed by atoms with Crippen molar-refractivity contribution in [1.29, 1.82) is 0 Å². The highest BCUT2D eigenvalue weighted by Gasteiger charge is 2.25. The quantitative estimate of drug-likeness (QED) is 0.763. The monoisotopic (exact) mass is 230 g/mol. The maximum absolute atomic E-state index is 11.6. The first-order valence-corrected chi connectivity index (χ1v) is 6.86. The minimum absolute atomic E-state index is 0.0429. The Kier molecular flexibility index (Phi) is 5.47. The van der Waals surface area contributed by atoms with Crippen molar-refractivity contribution in [3.05, 3.63) is 0 Å². The lowest BCUT2D eigenvalue weighted by atomic mass is 10.0. The van der Waals surface area contributed by atoms with E-state index < -0.39 is 0 Å². The van der Waals surface area contributed by atoms with Crippen LogP contribution < -0.4 is 10.6 Å². The fraction of sp³-hybridized carbons (Fsp3) is 0.909. The molecule has 2 N–H and O–H groups in total. The summed E-state index contributed by atoms with van der Waals surface area (Å²) < 4.78 is 0. The summed E-state index contributed by atoms with van der Waals surface area (Å²) in [5.41, 5.74) is 0. The molecule has 1 aliphatic rings. The van der Waals surface area contributed by atoms with Crippen molar-refractivity contribution in [1.82, 2.24) is 10.6 Å². The van der Waals surface area contributed by atoms with E-state index in [1.807, 2.05) is 11.8 Å². The third-order valence-corrected chi connectivity index (χ3v) is 3.99. The predicted octanol–water partition coefficient (Wildman–Crippen LogP) is 1.24. The van der Waals surface area contributed by atoms with E-state index in [9.17, 15) is 4.79 Å². The lowest BCUT2D eigenvalue weighted by Crippen LogP contribution is -2.51. The van der Waals surface area contributed by atoms with Crippen LogP contribution >= 0.6 is 11.8 Å². The van der Waals surface area contributed by atoms with Crippen molar-refractivity contribution in [3.8, 4) is 0 Å². The number of hydrogen-bond donors (Lipinski definition) is 2. The van der Waals surface area contributed by atoms with Crippen LogP contribution in [0, 0.1) is 5.92 Å². The van der Waals surface area contributed by atoms with Crippen molar-refractivity contribution in [3.63, 3.8) is 0 Å². The maximum Gasteiger partial charge on any atom is 0.237 e. The molecule has 1 heterocycles. The molecule has 4 heteroatoms. The molecule has 0 aromatic carbocycles. The molecule has 88 valence electrons. The Morgan fingerprint density at radius 2 is 2.20 bits per heavy atom. The molecule has 1 aliphatic heterocycles. The topological polar surface area (TPSA) is 41.1 Å². The summed E-state index contributed by atoms with van der Waals surface area (Å²) in [4.78, 5) is 11.6. The second-order valence-electron chi connectivity index (χ2n) is 4.42. The van der Waals surface area contributed by atoms with Gasteiger partial charge in [0, 0.05) is 18.8 Å². The van der Waals surface area contributed by atoms with Crippen LogP contribution in [0.25, 0.3) is 0 Å². The molecule has 2 atom stereocenters. The number of likely N-dealkylation sites (N-methyl/N-ethyl adjacent to an activating group) is 1. The van der Waals surface area contributed by atoms with Gasteiger partial charge < -0.3 is 10.6 Å². The van der Waals surface area contributed by atoms with Gasteiger partial charge in [-0.1, -0.05) is 13.8 Å². The summed E-state index contributed by atoms with van der Waals surface area (Å²) in [6, 6.07) is 0.465. The van der Waals surface area contributed by atoms with E-state index >= 15 is 0 Å². The molecule has 0 aromatic heterocycles. The Morgan fingerprint density at radius 1 is 1.47 bits per heavy atom. The van der Waals surface area contributed by atoms with Gasteiger partial charge in [0.1, 0.15) is 0 Å². The van der Waals surface area contributed by atoms with Crippen LogP contribution in [0.4, 0.5) is 0 Å². The van der Waals surface area contributed by atoms with Gasteiger partial charge in [0.15, 0.2) is 0 Å². The van der Waals surface area contributed by atoms with E-state index in [1.54, 1.807) is 7.05 Å². The predicted molar refractivity (Wildman–Crippen MR) is 66.2 cm³/mol. The van der Waals surface area contributed by atoms with Gasteiger partial charge in [-0.15, -0.1) is 0 Å². The molecule has 0 aromatic rings. The largest absolute Gasteiger partial charge is 0.358 e. The number of carbonyl (C=O) groups is 1. The highest BCUT2D eigenvalue weighted by molar-refractivity contribution is 7.99. The highest BCUT2D eigenvalue weighted by Crippen LogP contribution is 2.18. The molecule has 0 radical (unpaired) electrons. The third-order valence-electron chi connectivity index (χ3n) is 2.77. The molecule has 0 bridgehead atoms. The molecule has 0 saturated carbocycles. The van der Waals surface area contributed by atoms with Crippen LogP contribution in [0.2, 0.25) is 0 Å². The second-order valence-corrected chi connectivity index (χ2v) is 5.57. The summed E-state index contributed by atoms with van der Waals surface area (Å²) >= 11 is 1.98. The number of amides is 1. The van der Waals surface area contributed by atoms with Crippen molar-refractivity contribution in [2.45, 2.75) is 38.8 Å². The zero-order valence-electron chi connectivity index (χ0n) is 9.88. The number of rotatable bonds is 4. The Hall–Kier alpha value is -0.220.